The van der Waals surface area contributed by atoms with Crippen molar-refractivity contribution in [2.45, 2.75) is 123 Å². The quantitative estimate of drug-likeness (QED) is 0.0441. The topological polar surface area (TPSA) is 516 Å². The Morgan fingerprint density at radius 2 is 0.853 bits per heavy atom. The summed E-state index contributed by atoms with van der Waals surface area (Å²) in [4.78, 5) is 107. The molecule has 5 heterocycles. The number of esters is 1. The van der Waals surface area contributed by atoms with Crippen molar-refractivity contribution in [2.24, 2.45) is 28.7 Å². The zero-order chi connectivity index (χ0) is 53.5. The molecule has 0 aromatic carbocycles. The summed E-state index contributed by atoms with van der Waals surface area (Å²) >= 11 is 0.815. The van der Waals surface area contributed by atoms with E-state index in [1.54, 1.807) is 0 Å². The highest BCUT2D eigenvalue weighted by Crippen LogP contribution is 2.15. The molecule has 32 nitrogen and oxygen atoms in total. The van der Waals surface area contributed by atoms with Gasteiger partial charge in [0.05, 0.1) is 72.5 Å². The third kappa shape index (κ3) is 35.1. The number of Topliss-reactive ketones (excluding diaryl/α,β-unsaturated/α-hetero) is 2. The summed E-state index contributed by atoms with van der Waals surface area (Å²) in [6.45, 7) is 3.67. The monoisotopic (exact) mass is 1110 g/mol. The van der Waals surface area contributed by atoms with Crippen LogP contribution in [-0.4, -0.2) is 231 Å². The number of carboxylic acid groups (broad SMARTS) is 5. The molecule has 16 N–H and O–H groups in total. The molecular formula is C42H78N6O26S. The van der Waals surface area contributed by atoms with Crippen LogP contribution in [0.4, 0.5) is 0 Å². The fourth-order valence-corrected chi connectivity index (χ4v) is 5.68. The van der Waals surface area contributed by atoms with E-state index < -0.39 is 104 Å². The van der Waals surface area contributed by atoms with Crippen LogP contribution in [0.2, 0.25) is 0 Å². The minimum absolute atomic E-state index is 0. The van der Waals surface area contributed by atoms with Crippen LogP contribution < -0.4 is 34.0 Å². The highest BCUT2D eigenvalue weighted by molar-refractivity contribution is 8.13. The van der Waals surface area contributed by atoms with Crippen LogP contribution in [0, 0.1) is 0 Å². The van der Waals surface area contributed by atoms with Gasteiger partial charge in [-0.1, -0.05) is 41.5 Å². The lowest BCUT2D eigenvalue weighted by Gasteiger charge is -2.11. The van der Waals surface area contributed by atoms with Crippen molar-refractivity contribution in [1.82, 2.24) is 5.32 Å². The van der Waals surface area contributed by atoms with Crippen LogP contribution in [0.15, 0.2) is 0 Å². The van der Waals surface area contributed by atoms with Crippen molar-refractivity contribution >= 4 is 70.2 Å². The molecule has 0 radical (unpaired) electrons. The fourth-order valence-electron chi connectivity index (χ4n) is 4.92. The van der Waals surface area contributed by atoms with Gasteiger partial charge in [0, 0.05) is 38.0 Å². The largest absolute Gasteiger partial charge is 0.480 e. The number of rotatable bonds is 23. The molecule has 33 heteroatoms. The maximum Gasteiger partial charge on any atom is 0.363 e. The molecule has 0 aliphatic carbocycles. The van der Waals surface area contributed by atoms with E-state index in [4.69, 9.17) is 102 Å². The van der Waals surface area contributed by atoms with Gasteiger partial charge in [-0.2, -0.15) is 0 Å². The number of ketones is 2. The predicted molar refractivity (Wildman–Crippen MR) is 258 cm³/mol. The van der Waals surface area contributed by atoms with Gasteiger partial charge in [0.25, 0.3) is 12.2 Å². The first-order chi connectivity index (χ1) is 33.5. The normalized spacial score (nSPS) is 18.3. The molecule has 75 heavy (non-hydrogen) atoms. The van der Waals surface area contributed by atoms with Crippen LogP contribution in [0.25, 0.3) is 0 Å². The number of amides is 1. The third-order valence-electron chi connectivity index (χ3n) is 8.69. The first-order valence-electron chi connectivity index (χ1n) is 21.2. The van der Waals surface area contributed by atoms with Gasteiger partial charge in [-0.15, -0.1) is 0 Å². The van der Waals surface area contributed by atoms with Crippen LogP contribution >= 0.6 is 11.8 Å². The number of nitrogens with one attached hydrogen (secondary N) is 1. The number of hydrogen-bond acceptors (Lipinski definition) is 27. The fraction of sp³-hybridized carbons (Fsp3) is 0.762. The molecule has 5 unspecified atom stereocenters. The molecule has 0 aromatic heterocycles. The number of carbonyl (C=O) groups excluding carboxylic acids is 5. The maximum absolute atomic E-state index is 11.3. The minimum Gasteiger partial charge on any atom is -0.480 e. The summed E-state index contributed by atoms with van der Waals surface area (Å²) in [7, 11) is 0. The highest BCUT2D eigenvalue weighted by atomic mass is 32.2. The van der Waals surface area contributed by atoms with E-state index in [1.807, 2.05) is 0 Å². The first kappa shape index (κ1) is 76.6. The molecule has 0 bridgehead atoms. The van der Waals surface area contributed by atoms with Gasteiger partial charge >= 0.3 is 35.8 Å². The molecule has 0 aromatic rings. The Morgan fingerprint density at radius 3 is 1.28 bits per heavy atom. The van der Waals surface area contributed by atoms with Crippen molar-refractivity contribution < 1.29 is 126 Å². The van der Waals surface area contributed by atoms with Gasteiger partial charge in [-0.25, -0.2) is 4.79 Å². The summed E-state index contributed by atoms with van der Waals surface area (Å²) < 4.78 is 54.2. The Kier molecular flexibility index (Phi) is 44.1. The number of carbonyl (C=O) groups is 10. The summed E-state index contributed by atoms with van der Waals surface area (Å²) in [6, 6.07) is -5.61. The SMILES string of the molecule is C.C.C.C.NC(CC(=O)CC1OCCO1)C(=O)O.NC(CC(=O)CCC1OCCO1)C(=O)O.NC(CNC(=O)C1OCCO1)C(=O)O.NC(COC(=O)C1OCCO1)C(=O)O.NC(CSC(=O)C1OCCO1)C(=O)O. The maximum atomic E-state index is 11.3. The van der Waals surface area contributed by atoms with E-state index in [9.17, 15) is 47.9 Å². The van der Waals surface area contributed by atoms with Crippen LogP contribution in [-0.2, 0) is 100 Å². The molecule has 0 spiro atoms. The van der Waals surface area contributed by atoms with Gasteiger partial charge < -0.3 is 112 Å². The Morgan fingerprint density at radius 1 is 0.480 bits per heavy atom. The predicted octanol–water partition coefficient (Wildman–Crippen LogP) is -3.59. The lowest BCUT2D eigenvalue weighted by atomic mass is 10.1. The third-order valence-corrected chi connectivity index (χ3v) is 9.69. The van der Waals surface area contributed by atoms with E-state index in [0.29, 0.717) is 72.5 Å². The van der Waals surface area contributed by atoms with Crippen molar-refractivity contribution in [3.05, 3.63) is 0 Å². The Hall–Kier alpha value is -4.95. The van der Waals surface area contributed by atoms with Crippen molar-refractivity contribution in [3.63, 3.8) is 0 Å². The molecule has 0 saturated carbocycles. The number of carboxylic acids is 5. The zero-order valence-electron chi connectivity index (χ0n) is 38.1. The Bertz CT molecular complexity index is 1590. The van der Waals surface area contributed by atoms with Gasteiger partial charge in [-0.3, -0.25) is 43.2 Å². The molecule has 5 atom stereocenters. The molecule has 1 amide bonds. The van der Waals surface area contributed by atoms with E-state index >= 15 is 0 Å². The summed E-state index contributed by atoms with van der Waals surface area (Å²) in [6.07, 6.45) is -3.23. The van der Waals surface area contributed by atoms with Gasteiger partial charge in [0.1, 0.15) is 48.4 Å². The number of nitrogens with two attached hydrogens (primary N) is 5. The molecule has 5 rings (SSSR count). The van der Waals surface area contributed by atoms with Gasteiger partial charge in [0.15, 0.2) is 12.6 Å². The number of thioether (sulfide) groups is 1. The lowest BCUT2D eigenvalue weighted by molar-refractivity contribution is -0.173. The van der Waals surface area contributed by atoms with Crippen LogP contribution in [0.1, 0.15) is 61.8 Å². The first-order valence-corrected chi connectivity index (χ1v) is 22.2. The second kappa shape index (κ2) is 43.2. The average molecular weight is 1120 g/mol. The van der Waals surface area contributed by atoms with Crippen LogP contribution in [0.5, 0.6) is 0 Å². The molecule has 5 aliphatic heterocycles. The highest BCUT2D eigenvalue weighted by Gasteiger charge is 2.29. The number of ether oxygens (including phenoxy) is 11. The standard InChI is InChI=1S/C9H15NO5.C8H13NO5.C7H12N2O5.C7H11NO6.C7H11NO5S.4CH4/c10-7(9(12)13)5-6(11)1-2-8-14-3-4-15-8;9-6(8(11)12)3-5(10)4-7-13-1-2-14-7;8-4(6(11)12)3-9-5(10)7-13-1-2-14-7;2*8-4(5(9)10)3-14-6(11)7-12-1-2-13-7;;;;/h7-8H,1-5,10H2,(H,12,13);6-7H,1-4,9H2,(H,11,12);4,7H,1-3,8H2,(H,9,10)(H,11,12);2*4,7H,1-3,8H2,(H,9,10);4*1H4. The van der Waals surface area contributed by atoms with Crippen molar-refractivity contribution in [2.75, 3.05) is 85.0 Å². The number of aliphatic carboxylic acids is 5. The van der Waals surface area contributed by atoms with Gasteiger partial charge in [-0.05, 0) is 0 Å². The van der Waals surface area contributed by atoms with Crippen molar-refractivity contribution in [1.29, 1.82) is 0 Å². The second-order valence-corrected chi connectivity index (χ2v) is 15.5. The minimum atomic E-state index is -1.23. The smallest absolute Gasteiger partial charge is 0.363 e. The van der Waals surface area contributed by atoms with E-state index in [2.05, 4.69) is 10.1 Å². The summed E-state index contributed by atoms with van der Waals surface area (Å²) in [5.74, 6) is -7.52. The van der Waals surface area contributed by atoms with Gasteiger partial charge in [0.2, 0.25) is 17.7 Å². The second-order valence-electron chi connectivity index (χ2n) is 14.5. The molecule has 5 fully saturated rings. The van der Waals surface area contributed by atoms with E-state index in [0.717, 1.165) is 11.8 Å². The average Bonchev–Trinajstić information content (AvgIpc) is 4.19. The Labute approximate surface area is 437 Å². The molecule has 5 aliphatic rings. The Balaban J connectivity index is -0.000000415. The zero-order valence-corrected chi connectivity index (χ0v) is 38.9. The number of hydrogen-bond donors (Lipinski definition) is 11. The van der Waals surface area contributed by atoms with E-state index in [-0.39, 0.29) is 90.7 Å². The lowest BCUT2D eigenvalue weighted by Crippen LogP contribution is -2.45. The molecule has 5 saturated heterocycles. The summed E-state index contributed by atoms with van der Waals surface area (Å²) in [5, 5.41) is 44.2. The summed E-state index contributed by atoms with van der Waals surface area (Å²) in [5.41, 5.74) is 25.9. The molecule has 438 valence electrons. The van der Waals surface area contributed by atoms with E-state index in [1.165, 1.54) is 0 Å². The van der Waals surface area contributed by atoms with Crippen molar-refractivity contribution in [3.8, 4) is 0 Å². The molecular weight excluding hydrogens is 1040 g/mol. The van der Waals surface area contributed by atoms with Crippen LogP contribution in [0.3, 0.4) is 0 Å².